The van der Waals surface area contributed by atoms with Crippen LogP contribution in [0.3, 0.4) is 0 Å². The summed E-state index contributed by atoms with van der Waals surface area (Å²) in [6.07, 6.45) is 3.14. The van der Waals surface area contributed by atoms with Crippen molar-refractivity contribution in [2.24, 2.45) is 0 Å². The zero-order chi connectivity index (χ0) is 14.0. The zero-order valence-electron chi connectivity index (χ0n) is 11.1. The van der Waals surface area contributed by atoms with Gasteiger partial charge in [-0.1, -0.05) is 48.5 Å². The Morgan fingerprint density at radius 1 is 0.900 bits per heavy atom. The molecule has 0 bridgehead atoms. The predicted octanol–water partition coefficient (Wildman–Crippen LogP) is 3.32. The van der Waals surface area contributed by atoms with Crippen LogP contribution in [-0.4, -0.2) is 19.2 Å². The van der Waals surface area contributed by atoms with E-state index in [0.29, 0.717) is 6.61 Å². The van der Waals surface area contributed by atoms with E-state index < -0.39 is 0 Å². The molecule has 2 rings (SSSR count). The van der Waals surface area contributed by atoms with Gasteiger partial charge in [-0.2, -0.15) is 0 Å². The maximum atomic E-state index is 11.5. The molecule has 102 valence electrons. The van der Waals surface area contributed by atoms with Crippen molar-refractivity contribution in [3.05, 3.63) is 72.3 Å². The predicted molar refractivity (Wildman–Crippen MR) is 78.4 cm³/mol. The largest absolute Gasteiger partial charge is 0.490 e. The van der Waals surface area contributed by atoms with Gasteiger partial charge >= 0.3 is 5.97 Å². The molecule has 20 heavy (non-hydrogen) atoms. The fourth-order valence-corrected chi connectivity index (χ4v) is 1.60. The van der Waals surface area contributed by atoms with E-state index in [4.69, 9.17) is 9.47 Å². The number of benzene rings is 2. The summed E-state index contributed by atoms with van der Waals surface area (Å²) in [5.74, 6) is 0.397. The molecule has 0 atom stereocenters. The van der Waals surface area contributed by atoms with Crippen molar-refractivity contribution < 1.29 is 14.3 Å². The molecule has 0 heterocycles. The highest BCUT2D eigenvalue weighted by Crippen LogP contribution is 2.07. The van der Waals surface area contributed by atoms with Crippen molar-refractivity contribution in [3.8, 4) is 5.75 Å². The van der Waals surface area contributed by atoms with Crippen LogP contribution in [-0.2, 0) is 9.53 Å². The summed E-state index contributed by atoms with van der Waals surface area (Å²) in [5, 5.41) is 0. The van der Waals surface area contributed by atoms with Gasteiger partial charge < -0.3 is 9.47 Å². The maximum Gasteiger partial charge on any atom is 0.330 e. The van der Waals surface area contributed by atoms with E-state index in [2.05, 4.69) is 0 Å². The molecule has 2 aromatic carbocycles. The van der Waals surface area contributed by atoms with Crippen LogP contribution >= 0.6 is 0 Å². The number of carbonyl (C=O) groups excluding carboxylic acids is 1. The van der Waals surface area contributed by atoms with Gasteiger partial charge in [-0.3, -0.25) is 0 Å². The van der Waals surface area contributed by atoms with E-state index >= 15 is 0 Å². The Bertz CT molecular complexity index is 547. The lowest BCUT2D eigenvalue weighted by Gasteiger charge is -2.05. The molecule has 0 radical (unpaired) electrons. The Labute approximate surface area is 118 Å². The van der Waals surface area contributed by atoms with E-state index in [1.54, 1.807) is 6.08 Å². The Morgan fingerprint density at radius 3 is 2.25 bits per heavy atom. The first kappa shape index (κ1) is 13.9. The molecule has 0 spiro atoms. The van der Waals surface area contributed by atoms with Crippen molar-refractivity contribution >= 4 is 12.0 Å². The maximum absolute atomic E-state index is 11.5. The third kappa shape index (κ3) is 4.98. The molecule has 3 nitrogen and oxygen atoms in total. The number of carbonyl (C=O) groups is 1. The topological polar surface area (TPSA) is 35.5 Å². The summed E-state index contributed by atoms with van der Waals surface area (Å²) >= 11 is 0. The van der Waals surface area contributed by atoms with E-state index in [1.807, 2.05) is 60.7 Å². The molecule has 0 aliphatic rings. The van der Waals surface area contributed by atoms with Crippen LogP contribution in [0.1, 0.15) is 5.56 Å². The number of rotatable bonds is 6. The first-order valence-corrected chi connectivity index (χ1v) is 6.42. The molecule has 0 aliphatic heterocycles. The highest BCUT2D eigenvalue weighted by molar-refractivity contribution is 5.86. The third-order valence-corrected chi connectivity index (χ3v) is 2.55. The number of hydrogen-bond donors (Lipinski definition) is 0. The number of esters is 1. The second kappa shape index (κ2) is 7.79. The first-order valence-electron chi connectivity index (χ1n) is 6.42. The molecule has 0 amide bonds. The monoisotopic (exact) mass is 268 g/mol. The van der Waals surface area contributed by atoms with Crippen LogP contribution in [0.25, 0.3) is 6.08 Å². The van der Waals surface area contributed by atoms with Crippen LogP contribution < -0.4 is 4.74 Å². The molecular weight excluding hydrogens is 252 g/mol. The Morgan fingerprint density at radius 2 is 1.55 bits per heavy atom. The molecule has 0 aromatic heterocycles. The minimum atomic E-state index is -0.370. The molecular formula is C17H16O3. The summed E-state index contributed by atoms with van der Waals surface area (Å²) in [6.45, 7) is 0.571. The molecule has 0 N–H and O–H groups in total. The van der Waals surface area contributed by atoms with Gasteiger partial charge in [0.05, 0.1) is 0 Å². The molecule has 2 aromatic rings. The second-order valence-corrected chi connectivity index (χ2v) is 4.07. The lowest BCUT2D eigenvalue weighted by molar-refractivity contribution is -0.138. The van der Waals surface area contributed by atoms with Crippen molar-refractivity contribution in [2.75, 3.05) is 13.2 Å². The molecule has 0 unspecified atom stereocenters. The van der Waals surface area contributed by atoms with E-state index in [1.165, 1.54) is 6.08 Å². The van der Waals surface area contributed by atoms with Gasteiger partial charge in [0.25, 0.3) is 0 Å². The zero-order valence-corrected chi connectivity index (χ0v) is 11.1. The third-order valence-electron chi connectivity index (χ3n) is 2.55. The van der Waals surface area contributed by atoms with Crippen LogP contribution in [0, 0.1) is 0 Å². The minimum absolute atomic E-state index is 0.229. The Balaban J connectivity index is 1.67. The molecule has 0 fully saturated rings. The van der Waals surface area contributed by atoms with Crippen molar-refractivity contribution in [1.82, 2.24) is 0 Å². The summed E-state index contributed by atoms with van der Waals surface area (Å²) < 4.78 is 10.5. The second-order valence-electron chi connectivity index (χ2n) is 4.07. The smallest absolute Gasteiger partial charge is 0.330 e. The average molecular weight is 268 g/mol. The SMILES string of the molecule is O=C(/C=C/c1ccccc1)OCCOc1ccccc1. The van der Waals surface area contributed by atoms with Gasteiger partial charge in [0, 0.05) is 6.08 Å². The Hall–Kier alpha value is -2.55. The molecule has 0 saturated heterocycles. The quantitative estimate of drug-likeness (QED) is 0.458. The first-order chi connectivity index (χ1) is 9.84. The van der Waals surface area contributed by atoms with Crippen molar-refractivity contribution in [2.45, 2.75) is 0 Å². The van der Waals surface area contributed by atoms with Crippen LogP contribution in [0.2, 0.25) is 0 Å². The van der Waals surface area contributed by atoms with Gasteiger partial charge in [-0.25, -0.2) is 4.79 Å². The minimum Gasteiger partial charge on any atom is -0.490 e. The highest BCUT2D eigenvalue weighted by Gasteiger charge is 1.97. The average Bonchev–Trinajstić information content (AvgIpc) is 2.52. The van der Waals surface area contributed by atoms with Crippen LogP contribution in [0.5, 0.6) is 5.75 Å². The fraction of sp³-hybridized carbons (Fsp3) is 0.118. The van der Waals surface area contributed by atoms with E-state index in [-0.39, 0.29) is 12.6 Å². The normalized spacial score (nSPS) is 10.4. The lowest BCUT2D eigenvalue weighted by Crippen LogP contribution is -2.10. The van der Waals surface area contributed by atoms with Crippen LogP contribution in [0.4, 0.5) is 0 Å². The molecule has 3 heteroatoms. The van der Waals surface area contributed by atoms with Crippen molar-refractivity contribution in [1.29, 1.82) is 0 Å². The van der Waals surface area contributed by atoms with Gasteiger partial charge in [0.15, 0.2) is 0 Å². The van der Waals surface area contributed by atoms with Gasteiger partial charge in [-0.15, -0.1) is 0 Å². The van der Waals surface area contributed by atoms with E-state index in [9.17, 15) is 4.79 Å². The highest BCUT2D eigenvalue weighted by atomic mass is 16.6. The number of hydrogen-bond acceptors (Lipinski definition) is 3. The summed E-state index contributed by atoms with van der Waals surface area (Å²) in [4.78, 5) is 11.5. The lowest BCUT2D eigenvalue weighted by atomic mass is 10.2. The molecule has 0 aliphatic carbocycles. The fourth-order valence-electron chi connectivity index (χ4n) is 1.60. The van der Waals surface area contributed by atoms with Crippen molar-refractivity contribution in [3.63, 3.8) is 0 Å². The van der Waals surface area contributed by atoms with Crippen LogP contribution in [0.15, 0.2) is 66.7 Å². The van der Waals surface area contributed by atoms with Gasteiger partial charge in [0.2, 0.25) is 0 Å². The summed E-state index contributed by atoms with van der Waals surface area (Å²) in [7, 11) is 0. The molecule has 0 saturated carbocycles. The van der Waals surface area contributed by atoms with E-state index in [0.717, 1.165) is 11.3 Å². The van der Waals surface area contributed by atoms with Gasteiger partial charge in [-0.05, 0) is 23.8 Å². The number of para-hydroxylation sites is 1. The van der Waals surface area contributed by atoms with Gasteiger partial charge in [0.1, 0.15) is 19.0 Å². The summed E-state index contributed by atoms with van der Waals surface area (Å²) in [6, 6.07) is 19.0. The number of ether oxygens (including phenoxy) is 2. The Kier molecular flexibility index (Phi) is 5.40. The summed E-state index contributed by atoms with van der Waals surface area (Å²) in [5.41, 5.74) is 0.963. The standard InChI is InChI=1S/C17H16O3/c18-17(12-11-15-7-3-1-4-8-15)20-14-13-19-16-9-5-2-6-10-16/h1-12H,13-14H2/b12-11+.